The van der Waals surface area contributed by atoms with Crippen LogP contribution >= 0.6 is 0 Å². The second-order valence-electron chi connectivity index (χ2n) is 13.7. The van der Waals surface area contributed by atoms with Gasteiger partial charge in [-0.15, -0.1) is 0 Å². The van der Waals surface area contributed by atoms with Crippen molar-refractivity contribution in [2.24, 2.45) is 0 Å². The highest BCUT2D eigenvalue weighted by molar-refractivity contribution is 7.99. The lowest BCUT2D eigenvalue weighted by Crippen LogP contribution is -2.26. The molecule has 1 atom stereocenters. The van der Waals surface area contributed by atoms with Gasteiger partial charge in [-0.2, -0.15) is 0 Å². The lowest BCUT2D eigenvalue weighted by atomic mass is 9.76. The number of aryl methyl sites for hydroxylation is 2. The SMILES string of the molecule is C=C(/C=C/C(=C/C)C(=O)c1c(C)c2ccc(N(CCCCCC)CCCCCC)cc2oc1=O)C(C)(C)c1cc(S(=C)(C)=O)ccc1C. The molecule has 0 N–H and O–H groups in total. The van der Waals surface area contributed by atoms with Crippen molar-refractivity contribution in [1.82, 2.24) is 0 Å². The minimum absolute atomic E-state index is 0.0468. The fraction of sp³-hybridized carbons (Fsp3) is 0.452. The maximum atomic E-state index is 13.9. The summed E-state index contributed by atoms with van der Waals surface area (Å²) in [7, 11) is -2.38. The van der Waals surface area contributed by atoms with E-state index in [-0.39, 0.29) is 11.3 Å². The maximum absolute atomic E-state index is 13.9. The Morgan fingerprint density at radius 3 is 2.12 bits per heavy atom. The van der Waals surface area contributed by atoms with Crippen LogP contribution in [0.25, 0.3) is 11.0 Å². The Labute approximate surface area is 289 Å². The first-order valence-corrected chi connectivity index (χ1v) is 19.6. The van der Waals surface area contributed by atoms with Crippen molar-refractivity contribution in [2.45, 2.75) is 110 Å². The van der Waals surface area contributed by atoms with Gasteiger partial charge in [0.05, 0.1) is 0 Å². The summed E-state index contributed by atoms with van der Waals surface area (Å²) < 4.78 is 18.5. The van der Waals surface area contributed by atoms with Crippen LogP contribution in [0.15, 0.2) is 86.5 Å². The van der Waals surface area contributed by atoms with E-state index in [4.69, 9.17) is 4.42 Å². The Morgan fingerprint density at radius 2 is 1.56 bits per heavy atom. The Kier molecular flexibility index (Phi) is 13.9. The van der Waals surface area contributed by atoms with Crippen LogP contribution in [0.5, 0.6) is 0 Å². The molecule has 0 amide bonds. The van der Waals surface area contributed by atoms with Gasteiger partial charge in [0.15, 0.2) is 5.78 Å². The zero-order valence-corrected chi connectivity index (χ0v) is 31.5. The summed E-state index contributed by atoms with van der Waals surface area (Å²) in [5.74, 6) is 3.46. The molecule has 0 aliphatic heterocycles. The first-order chi connectivity index (χ1) is 22.7. The van der Waals surface area contributed by atoms with Crippen LogP contribution in [-0.4, -0.2) is 35.2 Å². The summed E-state index contributed by atoms with van der Waals surface area (Å²) in [6.45, 7) is 20.4. The maximum Gasteiger partial charge on any atom is 0.347 e. The third-order valence-electron chi connectivity index (χ3n) is 9.53. The van der Waals surface area contributed by atoms with Crippen molar-refractivity contribution < 1.29 is 13.4 Å². The van der Waals surface area contributed by atoms with E-state index in [1.165, 1.54) is 38.5 Å². The van der Waals surface area contributed by atoms with Gasteiger partial charge in [-0.05, 0) is 95.5 Å². The van der Waals surface area contributed by atoms with E-state index in [1.807, 2.05) is 50.3 Å². The molecule has 0 spiro atoms. The monoisotopic (exact) mass is 671 g/mol. The number of carbonyl (C=O) groups is 1. The normalized spacial score (nSPS) is 13.6. The van der Waals surface area contributed by atoms with Crippen molar-refractivity contribution in [2.75, 3.05) is 24.2 Å². The third kappa shape index (κ3) is 9.49. The number of benzene rings is 2. The summed E-state index contributed by atoms with van der Waals surface area (Å²) >= 11 is 0. The molecule has 0 bridgehead atoms. The Hall–Kier alpha value is -3.64. The molecule has 0 saturated heterocycles. The van der Waals surface area contributed by atoms with Crippen LogP contribution < -0.4 is 10.5 Å². The molecule has 0 aliphatic carbocycles. The fourth-order valence-corrected chi connectivity index (χ4v) is 6.92. The lowest BCUT2D eigenvalue weighted by Gasteiger charge is -2.29. The van der Waals surface area contributed by atoms with Crippen molar-refractivity contribution in [3.8, 4) is 0 Å². The van der Waals surface area contributed by atoms with E-state index >= 15 is 0 Å². The van der Waals surface area contributed by atoms with Crippen molar-refractivity contribution >= 4 is 37.8 Å². The van der Waals surface area contributed by atoms with E-state index in [2.05, 4.69) is 51.1 Å². The molecule has 0 fully saturated rings. The number of carbonyl (C=O) groups excluding carboxylic acids is 1. The van der Waals surface area contributed by atoms with Crippen molar-refractivity contribution in [3.05, 3.63) is 105 Å². The zero-order valence-electron chi connectivity index (χ0n) is 30.7. The smallest absolute Gasteiger partial charge is 0.347 e. The van der Waals surface area contributed by atoms with E-state index in [9.17, 15) is 13.8 Å². The molecule has 260 valence electrons. The van der Waals surface area contributed by atoms with Crippen LogP contribution in [0, 0.1) is 13.8 Å². The number of allylic oxidation sites excluding steroid dienone is 5. The molecule has 3 aromatic rings. The van der Waals surface area contributed by atoms with Crippen LogP contribution in [0.3, 0.4) is 0 Å². The van der Waals surface area contributed by atoms with E-state index in [0.29, 0.717) is 21.6 Å². The van der Waals surface area contributed by atoms with Crippen LogP contribution in [0.4, 0.5) is 5.69 Å². The Balaban J connectivity index is 1.91. The first kappa shape index (κ1) is 38.8. The van der Waals surface area contributed by atoms with Gasteiger partial charge in [0.25, 0.3) is 0 Å². The van der Waals surface area contributed by atoms with Crippen molar-refractivity contribution in [3.63, 3.8) is 0 Å². The number of Topliss-reactive ketones (excluding diaryl/α,β-unsaturated/α-hetero) is 1. The molecule has 48 heavy (non-hydrogen) atoms. The third-order valence-corrected chi connectivity index (χ3v) is 10.8. The van der Waals surface area contributed by atoms with Gasteiger partial charge < -0.3 is 9.32 Å². The topological polar surface area (TPSA) is 67.6 Å². The quantitative estimate of drug-likeness (QED) is 0.0336. The fourth-order valence-electron chi connectivity index (χ4n) is 6.19. The minimum atomic E-state index is -2.38. The average molecular weight is 672 g/mol. The zero-order chi connectivity index (χ0) is 35.6. The van der Waals surface area contributed by atoms with Crippen molar-refractivity contribution in [1.29, 1.82) is 0 Å². The molecule has 2 aromatic carbocycles. The Bertz CT molecular complexity index is 1830. The number of rotatable bonds is 18. The molecule has 0 radical (unpaired) electrons. The van der Waals surface area contributed by atoms with Gasteiger partial charge in [0.1, 0.15) is 11.1 Å². The molecule has 0 aliphatic rings. The van der Waals surface area contributed by atoms with E-state index in [1.54, 1.807) is 25.3 Å². The highest BCUT2D eigenvalue weighted by Crippen LogP contribution is 2.35. The summed E-state index contributed by atoms with van der Waals surface area (Å²) in [6, 6.07) is 11.8. The molecule has 1 aromatic heterocycles. The van der Waals surface area contributed by atoms with Gasteiger partial charge in [-0.3, -0.25) is 9.00 Å². The van der Waals surface area contributed by atoms with Gasteiger partial charge in [-0.25, -0.2) is 4.79 Å². The van der Waals surface area contributed by atoms with E-state index in [0.717, 1.165) is 53.7 Å². The second-order valence-corrected chi connectivity index (χ2v) is 16.2. The second kappa shape index (κ2) is 17.1. The molecule has 5 nitrogen and oxygen atoms in total. The number of hydrogen-bond acceptors (Lipinski definition) is 5. The standard InChI is InChI=1S/C42H57NO4S/c1-11-14-16-18-26-43(27-19-17-15-12-2)34-23-25-36-32(6)39(41(45)47-38(36)28-34)40(44)33(13-3)22-21-31(5)42(7,8)37-29-35(48(9,10)46)24-20-30(37)4/h13,20-25,28-29H,5,9,11-12,14-19,26-27H2,1-4,6-8,10H3/b22-21+,33-13-. The number of hydrogen-bond donors (Lipinski definition) is 0. The minimum Gasteiger partial charge on any atom is -0.422 e. The summed E-state index contributed by atoms with van der Waals surface area (Å²) in [6.07, 6.45) is 16.4. The number of anilines is 1. The van der Waals surface area contributed by atoms with Crippen LogP contribution in [0.2, 0.25) is 0 Å². The number of nitrogens with zero attached hydrogens (tertiary/aromatic N) is 1. The highest BCUT2D eigenvalue weighted by atomic mass is 32.2. The number of fused-ring (bicyclic) bond motifs is 1. The lowest BCUT2D eigenvalue weighted by molar-refractivity contribution is 0.103. The average Bonchev–Trinajstić information content (AvgIpc) is 3.03. The highest BCUT2D eigenvalue weighted by Gasteiger charge is 2.26. The largest absolute Gasteiger partial charge is 0.422 e. The van der Waals surface area contributed by atoms with Crippen LogP contribution in [-0.2, 0) is 14.9 Å². The first-order valence-electron chi connectivity index (χ1n) is 17.5. The number of ketones is 1. The molecule has 0 saturated carbocycles. The molecular weight excluding hydrogens is 615 g/mol. The molecule has 3 rings (SSSR count). The van der Waals surface area contributed by atoms with E-state index < -0.39 is 20.6 Å². The van der Waals surface area contributed by atoms with Gasteiger partial charge in [0, 0.05) is 52.4 Å². The van der Waals surface area contributed by atoms with Gasteiger partial charge in [-0.1, -0.05) is 97.1 Å². The number of unbranched alkanes of at least 4 members (excludes halogenated alkanes) is 6. The molecule has 1 heterocycles. The Morgan fingerprint density at radius 1 is 0.938 bits per heavy atom. The molecule has 6 heteroatoms. The molecular formula is C42H57NO4S. The van der Waals surface area contributed by atoms with Crippen LogP contribution in [0.1, 0.15) is 113 Å². The van der Waals surface area contributed by atoms with Gasteiger partial charge >= 0.3 is 5.63 Å². The molecule has 1 unspecified atom stereocenters. The predicted octanol–water partition coefficient (Wildman–Crippen LogP) is 10.3. The predicted molar refractivity (Wildman–Crippen MR) is 208 cm³/mol. The summed E-state index contributed by atoms with van der Waals surface area (Å²) in [5.41, 5.74) is 4.26. The van der Waals surface area contributed by atoms with Gasteiger partial charge in [0.2, 0.25) is 0 Å². The summed E-state index contributed by atoms with van der Waals surface area (Å²) in [5, 5.41) is 0.761. The summed E-state index contributed by atoms with van der Waals surface area (Å²) in [4.78, 5) is 30.4.